The Bertz CT molecular complexity index is 4260. The molecule has 0 saturated heterocycles. The summed E-state index contributed by atoms with van der Waals surface area (Å²) in [6, 6.07) is 89.4. The Labute approximate surface area is 408 Å². The summed E-state index contributed by atoms with van der Waals surface area (Å²) in [5.41, 5.74) is 18.2. The van der Waals surface area contributed by atoms with Gasteiger partial charge in [-0.05, 0) is 123 Å². The highest BCUT2D eigenvalue weighted by atomic mass is 32.1. The number of hydrogen-bond acceptors (Lipinski definition) is 4. The first-order chi connectivity index (χ1) is 34.7. The zero-order chi connectivity index (χ0) is 46.1. The average Bonchev–Trinajstić information content (AvgIpc) is 4.13. The number of furan rings is 2. The Morgan fingerprint density at radius 1 is 0.271 bits per heavy atom. The Balaban J connectivity index is 0.988. The first-order valence-electron chi connectivity index (χ1n) is 23.7. The molecule has 0 bridgehead atoms. The SMILES string of the molecule is c1ccc(-c2ccc(-c3c(-c4ccc5oc6ccccc6c5c4-c4ccc(N(c5ccc(-c6ccccc6)cc5)c5cccc6sc7ccccc7c56)cc4)ccc4oc5ccccc5c34)cc2)cc1. The number of anilines is 3. The first kappa shape index (κ1) is 40.1. The van der Waals surface area contributed by atoms with Crippen LogP contribution in [-0.4, -0.2) is 0 Å². The molecule has 0 atom stereocenters. The number of hydrogen-bond donors (Lipinski definition) is 0. The molecule has 70 heavy (non-hydrogen) atoms. The molecule has 4 heteroatoms. The summed E-state index contributed by atoms with van der Waals surface area (Å²) in [5.74, 6) is 0. The van der Waals surface area contributed by atoms with E-state index in [-0.39, 0.29) is 0 Å². The van der Waals surface area contributed by atoms with Crippen LogP contribution in [0.5, 0.6) is 0 Å². The number of benzene rings is 11. The molecule has 0 radical (unpaired) electrons. The number of para-hydroxylation sites is 2. The van der Waals surface area contributed by atoms with E-state index in [2.05, 4.69) is 241 Å². The predicted molar refractivity (Wildman–Crippen MR) is 296 cm³/mol. The normalized spacial score (nSPS) is 11.7. The molecule has 0 amide bonds. The van der Waals surface area contributed by atoms with Gasteiger partial charge in [0.25, 0.3) is 0 Å². The fraction of sp³-hybridized carbons (Fsp3) is 0. The minimum absolute atomic E-state index is 0.851. The smallest absolute Gasteiger partial charge is 0.136 e. The molecule has 0 aliphatic carbocycles. The summed E-state index contributed by atoms with van der Waals surface area (Å²) in [6.07, 6.45) is 0. The number of nitrogens with zero attached hydrogens (tertiary/aromatic N) is 1. The molecule has 0 fully saturated rings. The van der Waals surface area contributed by atoms with Crippen molar-refractivity contribution in [3.8, 4) is 55.6 Å². The summed E-state index contributed by atoms with van der Waals surface area (Å²) < 4.78 is 15.8. The lowest BCUT2D eigenvalue weighted by Crippen LogP contribution is -2.10. The highest BCUT2D eigenvalue weighted by molar-refractivity contribution is 7.26. The highest BCUT2D eigenvalue weighted by Gasteiger charge is 2.25. The largest absolute Gasteiger partial charge is 0.456 e. The predicted octanol–water partition coefficient (Wildman–Crippen LogP) is 19.7. The summed E-state index contributed by atoms with van der Waals surface area (Å²) in [7, 11) is 0. The second kappa shape index (κ2) is 16.4. The summed E-state index contributed by atoms with van der Waals surface area (Å²) in [5, 5.41) is 6.87. The van der Waals surface area contributed by atoms with E-state index in [9.17, 15) is 0 Å². The van der Waals surface area contributed by atoms with Crippen molar-refractivity contribution in [3.05, 3.63) is 249 Å². The van der Waals surface area contributed by atoms with Crippen LogP contribution in [0.25, 0.3) is 120 Å². The Morgan fingerprint density at radius 3 is 1.23 bits per heavy atom. The summed E-state index contributed by atoms with van der Waals surface area (Å²) in [4.78, 5) is 2.42. The van der Waals surface area contributed by atoms with E-state index >= 15 is 0 Å². The van der Waals surface area contributed by atoms with Crippen LogP contribution in [-0.2, 0) is 0 Å². The molecule has 0 spiro atoms. The summed E-state index contributed by atoms with van der Waals surface area (Å²) >= 11 is 1.84. The van der Waals surface area contributed by atoms with Crippen molar-refractivity contribution in [2.24, 2.45) is 0 Å². The van der Waals surface area contributed by atoms with Crippen molar-refractivity contribution in [1.29, 1.82) is 0 Å². The van der Waals surface area contributed by atoms with Crippen molar-refractivity contribution in [2.45, 2.75) is 0 Å². The molecular formula is C66H41NO2S. The van der Waals surface area contributed by atoms with Gasteiger partial charge in [-0.1, -0.05) is 170 Å². The molecule has 3 nitrogen and oxygen atoms in total. The monoisotopic (exact) mass is 911 g/mol. The molecule has 0 N–H and O–H groups in total. The Kier molecular flexibility index (Phi) is 9.39. The van der Waals surface area contributed by atoms with Crippen LogP contribution < -0.4 is 4.90 Å². The fourth-order valence-corrected chi connectivity index (χ4v) is 11.8. The van der Waals surface area contributed by atoms with E-state index in [1.54, 1.807) is 0 Å². The topological polar surface area (TPSA) is 29.5 Å². The van der Waals surface area contributed by atoms with E-state index in [4.69, 9.17) is 8.83 Å². The maximum atomic E-state index is 6.66. The van der Waals surface area contributed by atoms with Crippen LogP contribution in [0.4, 0.5) is 17.1 Å². The third-order valence-electron chi connectivity index (χ3n) is 13.9. The van der Waals surface area contributed by atoms with E-state index in [0.717, 1.165) is 94.3 Å². The van der Waals surface area contributed by atoms with Crippen LogP contribution in [0.2, 0.25) is 0 Å². The zero-order valence-corrected chi connectivity index (χ0v) is 38.7. The van der Waals surface area contributed by atoms with Crippen LogP contribution in [0, 0.1) is 0 Å². The molecule has 328 valence electrons. The van der Waals surface area contributed by atoms with Gasteiger partial charge in [0.05, 0.1) is 5.69 Å². The van der Waals surface area contributed by atoms with Crippen LogP contribution in [0.3, 0.4) is 0 Å². The van der Waals surface area contributed by atoms with Crippen molar-refractivity contribution >= 4 is 92.4 Å². The van der Waals surface area contributed by atoms with Gasteiger partial charge in [-0.2, -0.15) is 0 Å². The molecule has 0 saturated carbocycles. The second-order valence-corrected chi connectivity index (χ2v) is 19.0. The standard InChI is InChI=1S/C66H41NO2S/c1-3-14-42(15-4-1)44-26-28-46(29-27-44)62-50(38-40-58-65(62)52-18-7-10-22-56(52)68-58)51-39-41-59-66(53-19-8-11-23-57(53)69-59)63(51)47-32-36-49(37-33-47)67(48-34-30-45(31-35-48)43-16-5-2-6-17-43)55-21-13-25-61-64(55)54-20-9-12-24-60(54)70-61/h1-41H. The molecule has 14 aromatic rings. The lowest BCUT2D eigenvalue weighted by molar-refractivity contribution is 0.668. The van der Waals surface area contributed by atoms with Gasteiger partial charge in [-0.25, -0.2) is 0 Å². The van der Waals surface area contributed by atoms with E-state index in [1.165, 1.54) is 42.4 Å². The molecular weight excluding hydrogens is 871 g/mol. The second-order valence-electron chi connectivity index (χ2n) is 17.9. The van der Waals surface area contributed by atoms with Gasteiger partial charge < -0.3 is 13.7 Å². The lowest BCUT2D eigenvalue weighted by atomic mass is 9.85. The van der Waals surface area contributed by atoms with E-state index < -0.39 is 0 Å². The van der Waals surface area contributed by atoms with Gasteiger partial charge in [0, 0.05) is 64.2 Å². The highest BCUT2D eigenvalue weighted by Crippen LogP contribution is 2.50. The molecule has 14 rings (SSSR count). The van der Waals surface area contributed by atoms with Crippen molar-refractivity contribution in [2.75, 3.05) is 4.90 Å². The molecule has 0 aliphatic heterocycles. The quantitative estimate of drug-likeness (QED) is 0.152. The molecule has 11 aromatic carbocycles. The lowest BCUT2D eigenvalue weighted by Gasteiger charge is -2.27. The van der Waals surface area contributed by atoms with Crippen LogP contribution in [0.15, 0.2) is 258 Å². The van der Waals surface area contributed by atoms with Gasteiger partial charge >= 0.3 is 0 Å². The summed E-state index contributed by atoms with van der Waals surface area (Å²) in [6.45, 7) is 0. The van der Waals surface area contributed by atoms with Gasteiger partial charge in [-0.3, -0.25) is 0 Å². The third-order valence-corrected chi connectivity index (χ3v) is 15.1. The maximum Gasteiger partial charge on any atom is 0.136 e. The van der Waals surface area contributed by atoms with E-state index in [1.807, 2.05) is 23.5 Å². The zero-order valence-electron chi connectivity index (χ0n) is 37.8. The Morgan fingerprint density at radius 2 is 0.686 bits per heavy atom. The van der Waals surface area contributed by atoms with Gasteiger partial charge in [0.15, 0.2) is 0 Å². The average molecular weight is 912 g/mol. The van der Waals surface area contributed by atoms with Crippen molar-refractivity contribution in [1.82, 2.24) is 0 Å². The van der Waals surface area contributed by atoms with Crippen LogP contribution in [0.1, 0.15) is 0 Å². The van der Waals surface area contributed by atoms with Gasteiger partial charge in [0.1, 0.15) is 22.3 Å². The third kappa shape index (κ3) is 6.57. The van der Waals surface area contributed by atoms with Gasteiger partial charge in [-0.15, -0.1) is 11.3 Å². The fourth-order valence-electron chi connectivity index (χ4n) is 10.7. The van der Waals surface area contributed by atoms with Crippen molar-refractivity contribution < 1.29 is 8.83 Å². The number of rotatable bonds is 8. The number of thiophene rings is 1. The van der Waals surface area contributed by atoms with E-state index in [0.29, 0.717) is 0 Å². The minimum atomic E-state index is 0.851. The molecule has 0 unspecified atom stereocenters. The number of fused-ring (bicyclic) bond motifs is 9. The molecule has 3 aromatic heterocycles. The molecule has 3 heterocycles. The first-order valence-corrected chi connectivity index (χ1v) is 24.5. The van der Waals surface area contributed by atoms with Crippen LogP contribution >= 0.6 is 11.3 Å². The molecule has 0 aliphatic rings. The van der Waals surface area contributed by atoms with Gasteiger partial charge in [0.2, 0.25) is 0 Å². The Hall–Kier alpha value is -8.96. The maximum absolute atomic E-state index is 6.66. The van der Waals surface area contributed by atoms with Crippen molar-refractivity contribution in [3.63, 3.8) is 0 Å². The minimum Gasteiger partial charge on any atom is -0.456 e.